The van der Waals surface area contributed by atoms with E-state index in [0.29, 0.717) is 5.92 Å². The lowest BCUT2D eigenvalue weighted by Crippen LogP contribution is -2.20. The second kappa shape index (κ2) is 6.87. The zero-order valence-electron chi connectivity index (χ0n) is 16.1. The SMILES string of the molecule is Cc1cc(-c2c(-c3ccccc3)ncn2[C@@H](c2nccn2C)C(C)C)n[nH]1. The highest BCUT2D eigenvalue weighted by Crippen LogP contribution is 2.36. The standard InChI is InChI=1S/C21H24N6/c1-14(2)19(21-22-10-11-26(21)4)27-13-23-18(16-8-6-5-7-9-16)20(27)17-12-15(3)24-25-17/h5-14,19H,1-4H3,(H,24,25)/t19-/m1/s1. The second-order valence-electron chi connectivity index (χ2n) is 7.24. The van der Waals surface area contributed by atoms with Crippen LogP contribution in [-0.2, 0) is 7.05 Å². The van der Waals surface area contributed by atoms with E-state index in [2.05, 4.69) is 56.4 Å². The fraction of sp³-hybridized carbons (Fsp3) is 0.286. The lowest BCUT2D eigenvalue weighted by atomic mass is 10.0. The number of aryl methyl sites for hydroxylation is 2. The van der Waals surface area contributed by atoms with Gasteiger partial charge in [-0.3, -0.25) is 5.10 Å². The van der Waals surface area contributed by atoms with Crippen LogP contribution in [-0.4, -0.2) is 29.3 Å². The van der Waals surface area contributed by atoms with E-state index in [9.17, 15) is 0 Å². The Balaban J connectivity index is 1.95. The Hall–Kier alpha value is -3.15. The van der Waals surface area contributed by atoms with Crippen molar-refractivity contribution in [3.05, 3.63) is 66.6 Å². The van der Waals surface area contributed by atoms with Crippen LogP contribution in [0.2, 0.25) is 0 Å². The fourth-order valence-corrected chi connectivity index (χ4v) is 3.58. The van der Waals surface area contributed by atoms with Gasteiger partial charge in [0.25, 0.3) is 0 Å². The number of nitrogens with one attached hydrogen (secondary N) is 1. The molecule has 1 aromatic carbocycles. The third-order valence-electron chi connectivity index (χ3n) is 4.84. The zero-order valence-corrected chi connectivity index (χ0v) is 16.1. The molecule has 4 rings (SSSR count). The largest absolute Gasteiger partial charge is 0.336 e. The van der Waals surface area contributed by atoms with E-state index in [1.54, 1.807) is 0 Å². The van der Waals surface area contributed by atoms with Gasteiger partial charge in [0.05, 0.1) is 23.8 Å². The molecule has 0 aliphatic carbocycles. The zero-order chi connectivity index (χ0) is 19.0. The Labute approximate surface area is 158 Å². The average Bonchev–Trinajstić information content (AvgIpc) is 3.37. The Morgan fingerprint density at radius 1 is 1.07 bits per heavy atom. The van der Waals surface area contributed by atoms with E-state index >= 15 is 0 Å². The molecule has 0 saturated carbocycles. The normalized spacial score (nSPS) is 12.6. The van der Waals surface area contributed by atoms with Gasteiger partial charge in [-0.15, -0.1) is 0 Å². The molecular formula is C21H24N6. The molecule has 0 aliphatic heterocycles. The van der Waals surface area contributed by atoms with Crippen LogP contribution in [0.5, 0.6) is 0 Å². The van der Waals surface area contributed by atoms with E-state index in [1.807, 2.05) is 50.9 Å². The van der Waals surface area contributed by atoms with Crippen LogP contribution in [0.4, 0.5) is 0 Å². The highest BCUT2D eigenvalue weighted by atomic mass is 15.2. The Morgan fingerprint density at radius 3 is 2.44 bits per heavy atom. The van der Waals surface area contributed by atoms with Gasteiger partial charge >= 0.3 is 0 Å². The molecule has 0 saturated heterocycles. The van der Waals surface area contributed by atoms with Crippen molar-refractivity contribution in [3.63, 3.8) is 0 Å². The summed E-state index contributed by atoms with van der Waals surface area (Å²) in [6.45, 7) is 6.43. The van der Waals surface area contributed by atoms with E-state index in [-0.39, 0.29) is 6.04 Å². The molecule has 4 aromatic rings. The van der Waals surface area contributed by atoms with Crippen molar-refractivity contribution < 1.29 is 0 Å². The minimum absolute atomic E-state index is 0.0574. The molecule has 1 atom stereocenters. The fourth-order valence-electron chi connectivity index (χ4n) is 3.58. The van der Waals surface area contributed by atoms with Gasteiger partial charge in [-0.25, -0.2) is 9.97 Å². The van der Waals surface area contributed by atoms with Gasteiger partial charge in [0.15, 0.2) is 0 Å². The first-order chi connectivity index (χ1) is 13.1. The monoisotopic (exact) mass is 360 g/mol. The van der Waals surface area contributed by atoms with E-state index in [1.165, 1.54) is 0 Å². The third-order valence-corrected chi connectivity index (χ3v) is 4.84. The smallest absolute Gasteiger partial charge is 0.131 e. The summed E-state index contributed by atoms with van der Waals surface area (Å²) in [7, 11) is 2.03. The average molecular weight is 360 g/mol. The first kappa shape index (κ1) is 17.3. The number of benzene rings is 1. The number of hydrogen-bond donors (Lipinski definition) is 1. The van der Waals surface area contributed by atoms with Gasteiger partial charge in [-0.2, -0.15) is 5.10 Å². The van der Waals surface area contributed by atoms with Gasteiger partial charge < -0.3 is 9.13 Å². The topological polar surface area (TPSA) is 64.3 Å². The van der Waals surface area contributed by atoms with Crippen LogP contribution in [0.25, 0.3) is 22.6 Å². The van der Waals surface area contributed by atoms with Crippen molar-refractivity contribution in [2.45, 2.75) is 26.8 Å². The first-order valence-electron chi connectivity index (χ1n) is 9.18. The van der Waals surface area contributed by atoms with E-state index < -0.39 is 0 Å². The summed E-state index contributed by atoms with van der Waals surface area (Å²) in [5.41, 5.74) is 4.93. The van der Waals surface area contributed by atoms with Crippen LogP contribution in [0.15, 0.2) is 55.1 Å². The molecule has 138 valence electrons. The number of hydrogen-bond acceptors (Lipinski definition) is 3. The Morgan fingerprint density at radius 2 is 1.85 bits per heavy atom. The molecule has 6 nitrogen and oxygen atoms in total. The summed E-state index contributed by atoms with van der Waals surface area (Å²) >= 11 is 0. The van der Waals surface area contributed by atoms with Crippen LogP contribution < -0.4 is 0 Å². The molecule has 0 radical (unpaired) electrons. The molecule has 6 heteroatoms. The maximum absolute atomic E-state index is 4.79. The Bertz CT molecular complexity index is 1040. The summed E-state index contributed by atoms with van der Waals surface area (Å²) < 4.78 is 4.29. The predicted octanol–water partition coefficient (Wildman–Crippen LogP) is 4.23. The van der Waals surface area contributed by atoms with Gasteiger partial charge in [0.1, 0.15) is 11.5 Å². The van der Waals surface area contributed by atoms with Crippen LogP contribution in [0.1, 0.15) is 31.4 Å². The van der Waals surface area contributed by atoms with Gasteiger partial charge in [0.2, 0.25) is 0 Å². The third kappa shape index (κ3) is 3.07. The summed E-state index contributed by atoms with van der Waals surface area (Å²) in [5.74, 6) is 1.35. The number of imidazole rings is 2. The summed E-state index contributed by atoms with van der Waals surface area (Å²) in [4.78, 5) is 9.41. The van der Waals surface area contributed by atoms with E-state index in [4.69, 9.17) is 4.98 Å². The summed E-state index contributed by atoms with van der Waals surface area (Å²) in [6, 6.07) is 12.4. The van der Waals surface area contributed by atoms with Crippen molar-refractivity contribution in [1.82, 2.24) is 29.3 Å². The quantitative estimate of drug-likeness (QED) is 0.579. The number of aromatic nitrogens is 6. The lowest BCUT2D eigenvalue weighted by Gasteiger charge is -2.24. The van der Waals surface area contributed by atoms with Crippen molar-refractivity contribution in [1.29, 1.82) is 0 Å². The molecule has 0 fully saturated rings. The van der Waals surface area contributed by atoms with Crippen molar-refractivity contribution >= 4 is 0 Å². The van der Waals surface area contributed by atoms with Gasteiger partial charge in [0, 0.05) is 30.7 Å². The molecule has 0 unspecified atom stereocenters. The van der Waals surface area contributed by atoms with Crippen LogP contribution >= 0.6 is 0 Å². The number of rotatable bonds is 5. The van der Waals surface area contributed by atoms with Crippen LogP contribution in [0, 0.1) is 12.8 Å². The highest BCUT2D eigenvalue weighted by molar-refractivity contribution is 5.77. The maximum atomic E-state index is 4.79. The molecule has 27 heavy (non-hydrogen) atoms. The number of H-pyrrole nitrogens is 1. The molecular weight excluding hydrogens is 336 g/mol. The lowest BCUT2D eigenvalue weighted by molar-refractivity contribution is 0.410. The number of nitrogens with zero attached hydrogens (tertiary/aromatic N) is 5. The van der Waals surface area contributed by atoms with Crippen molar-refractivity contribution in [2.75, 3.05) is 0 Å². The van der Waals surface area contributed by atoms with Gasteiger partial charge in [-0.1, -0.05) is 44.2 Å². The maximum Gasteiger partial charge on any atom is 0.131 e. The minimum Gasteiger partial charge on any atom is -0.336 e. The second-order valence-corrected chi connectivity index (χ2v) is 7.24. The first-order valence-corrected chi connectivity index (χ1v) is 9.18. The number of aromatic amines is 1. The van der Waals surface area contributed by atoms with E-state index in [0.717, 1.165) is 34.2 Å². The van der Waals surface area contributed by atoms with Gasteiger partial charge in [-0.05, 0) is 18.9 Å². The predicted molar refractivity (Wildman–Crippen MR) is 106 cm³/mol. The molecule has 0 aliphatic rings. The molecule has 3 heterocycles. The van der Waals surface area contributed by atoms with Crippen LogP contribution in [0.3, 0.4) is 0 Å². The highest BCUT2D eigenvalue weighted by Gasteiger charge is 2.27. The molecule has 0 amide bonds. The summed E-state index contributed by atoms with van der Waals surface area (Å²) in [5, 5.41) is 7.60. The molecule has 1 N–H and O–H groups in total. The Kier molecular flexibility index (Phi) is 4.39. The van der Waals surface area contributed by atoms with Crippen molar-refractivity contribution in [3.8, 4) is 22.6 Å². The molecule has 0 spiro atoms. The molecule has 3 aromatic heterocycles. The summed E-state index contributed by atoms with van der Waals surface area (Å²) in [6.07, 6.45) is 5.75. The van der Waals surface area contributed by atoms with Crippen molar-refractivity contribution in [2.24, 2.45) is 13.0 Å². The minimum atomic E-state index is 0.0574. The molecule has 0 bridgehead atoms.